The van der Waals surface area contributed by atoms with Gasteiger partial charge in [0, 0.05) is 12.6 Å². The molecule has 26 heavy (non-hydrogen) atoms. The molecule has 1 aliphatic rings. The van der Waals surface area contributed by atoms with E-state index in [9.17, 15) is 14.7 Å². The number of carbonyl (C=O) groups is 1. The van der Waals surface area contributed by atoms with Crippen LogP contribution in [-0.4, -0.2) is 90.2 Å². The Bertz CT molecular complexity index is 626. The van der Waals surface area contributed by atoms with Gasteiger partial charge in [0.25, 0.3) is 0 Å². The van der Waals surface area contributed by atoms with Crippen molar-refractivity contribution in [3.8, 4) is 0 Å². The van der Waals surface area contributed by atoms with E-state index in [4.69, 9.17) is 36.0 Å². The van der Waals surface area contributed by atoms with Crippen LogP contribution in [0.5, 0.6) is 0 Å². The minimum Gasteiger partial charge on any atom is -0.394 e. The number of anilines is 1. The lowest BCUT2D eigenvalue weighted by Gasteiger charge is -2.16. The maximum Gasteiger partial charge on any atom is 0.351 e. The van der Waals surface area contributed by atoms with Gasteiger partial charge in [0.05, 0.1) is 19.3 Å². The molecule has 6 atom stereocenters. The van der Waals surface area contributed by atoms with Gasteiger partial charge in [-0.2, -0.15) is 4.98 Å². The lowest BCUT2D eigenvalue weighted by molar-refractivity contribution is -0.127. The zero-order valence-corrected chi connectivity index (χ0v) is 13.7. The van der Waals surface area contributed by atoms with E-state index in [1.165, 1.54) is 16.8 Å². The Morgan fingerprint density at radius 3 is 2.50 bits per heavy atom. The summed E-state index contributed by atoms with van der Waals surface area (Å²) in [6.45, 7) is -0.971. The molecule has 148 valence electrons. The number of aliphatic hydroxyl groups excluding tert-OH is 6. The molecule has 2 heterocycles. The number of aromatic nitrogens is 2. The van der Waals surface area contributed by atoms with Crippen molar-refractivity contribution in [2.45, 2.75) is 43.2 Å². The van der Waals surface area contributed by atoms with Gasteiger partial charge < -0.3 is 45.9 Å². The molecule has 12 nitrogen and oxygen atoms in total. The second-order valence-electron chi connectivity index (χ2n) is 5.52. The summed E-state index contributed by atoms with van der Waals surface area (Å²) in [5.74, 6) is 0.138. The molecular weight excluding hydrogens is 354 g/mol. The number of hydrogen-bond acceptors (Lipinski definition) is 11. The van der Waals surface area contributed by atoms with Gasteiger partial charge in [-0.25, -0.2) is 4.79 Å². The number of nitrogens with two attached hydrogens (primary N) is 1. The van der Waals surface area contributed by atoms with Gasteiger partial charge in [-0.1, -0.05) is 0 Å². The SMILES string of the molecule is Nc1ccn([C@H]2C[C@H](O)[C@@H](CO)O2)c(=O)n1.O=CC(O)C(O)C(O)CO. The van der Waals surface area contributed by atoms with Crippen LogP contribution < -0.4 is 11.4 Å². The van der Waals surface area contributed by atoms with Crippen molar-refractivity contribution >= 4 is 12.1 Å². The molecule has 0 saturated carbocycles. The Morgan fingerprint density at radius 1 is 1.38 bits per heavy atom. The first-order valence-electron chi connectivity index (χ1n) is 7.64. The monoisotopic (exact) mass is 377 g/mol. The number of hydrogen-bond donors (Lipinski definition) is 7. The molecule has 2 rings (SSSR count). The molecule has 1 aromatic heterocycles. The predicted octanol–water partition coefficient (Wildman–Crippen LogP) is -4.27. The highest BCUT2D eigenvalue weighted by Crippen LogP contribution is 2.27. The average Bonchev–Trinajstić information content (AvgIpc) is 3.00. The molecule has 0 spiro atoms. The summed E-state index contributed by atoms with van der Waals surface area (Å²) in [5.41, 5.74) is 4.82. The average molecular weight is 377 g/mol. The fraction of sp³-hybridized carbons (Fsp3) is 0.643. The maximum atomic E-state index is 11.5. The molecule has 0 aromatic carbocycles. The number of nitrogens with zero attached hydrogens (tertiary/aromatic N) is 2. The Labute approximate surface area is 147 Å². The molecule has 12 heteroatoms. The van der Waals surface area contributed by atoms with Crippen LogP contribution in [0.25, 0.3) is 0 Å². The second-order valence-corrected chi connectivity index (χ2v) is 5.52. The predicted molar refractivity (Wildman–Crippen MR) is 85.7 cm³/mol. The van der Waals surface area contributed by atoms with Crippen molar-refractivity contribution in [2.24, 2.45) is 0 Å². The van der Waals surface area contributed by atoms with Crippen LogP contribution >= 0.6 is 0 Å². The van der Waals surface area contributed by atoms with E-state index >= 15 is 0 Å². The van der Waals surface area contributed by atoms with E-state index in [0.717, 1.165) is 0 Å². The summed E-state index contributed by atoms with van der Waals surface area (Å²) in [7, 11) is 0. The normalized spacial score (nSPS) is 25.7. The first kappa shape index (κ1) is 22.1. The smallest absolute Gasteiger partial charge is 0.351 e. The Kier molecular flexibility index (Phi) is 8.74. The van der Waals surface area contributed by atoms with Gasteiger partial charge in [-0.05, 0) is 6.07 Å². The summed E-state index contributed by atoms with van der Waals surface area (Å²) < 4.78 is 6.56. The third-order valence-electron chi connectivity index (χ3n) is 3.62. The van der Waals surface area contributed by atoms with Crippen molar-refractivity contribution in [3.63, 3.8) is 0 Å². The number of ether oxygens (including phenoxy) is 1. The van der Waals surface area contributed by atoms with E-state index in [1.807, 2.05) is 0 Å². The van der Waals surface area contributed by atoms with Gasteiger partial charge in [-0.15, -0.1) is 0 Å². The zero-order chi connectivity index (χ0) is 19.9. The van der Waals surface area contributed by atoms with Crippen molar-refractivity contribution < 1.29 is 40.2 Å². The largest absolute Gasteiger partial charge is 0.394 e. The van der Waals surface area contributed by atoms with E-state index in [1.54, 1.807) is 0 Å². The minimum absolute atomic E-state index is 0.0869. The van der Waals surface area contributed by atoms with Crippen LogP contribution in [0.1, 0.15) is 12.6 Å². The summed E-state index contributed by atoms with van der Waals surface area (Å²) in [6, 6.07) is 1.48. The molecule has 1 fully saturated rings. The molecule has 0 radical (unpaired) electrons. The molecular formula is C14H23N3O9. The fourth-order valence-corrected chi connectivity index (χ4v) is 2.11. The highest BCUT2D eigenvalue weighted by Gasteiger charge is 2.34. The maximum absolute atomic E-state index is 11.5. The van der Waals surface area contributed by atoms with Gasteiger partial charge in [0.2, 0.25) is 0 Å². The van der Waals surface area contributed by atoms with Crippen LogP contribution in [0, 0.1) is 0 Å². The second kappa shape index (κ2) is 10.3. The third-order valence-corrected chi connectivity index (χ3v) is 3.62. The van der Waals surface area contributed by atoms with Crippen molar-refractivity contribution in [2.75, 3.05) is 18.9 Å². The molecule has 1 saturated heterocycles. The topological polar surface area (TPSA) is 209 Å². The van der Waals surface area contributed by atoms with Crippen LogP contribution in [0.4, 0.5) is 5.82 Å². The number of aliphatic hydroxyl groups is 6. The minimum atomic E-state index is -1.64. The lowest BCUT2D eigenvalue weighted by atomic mass is 10.1. The van der Waals surface area contributed by atoms with E-state index < -0.39 is 49.0 Å². The Balaban J connectivity index is 0.000000294. The third kappa shape index (κ3) is 5.81. The van der Waals surface area contributed by atoms with Crippen molar-refractivity contribution in [1.29, 1.82) is 0 Å². The van der Waals surface area contributed by atoms with Crippen molar-refractivity contribution in [1.82, 2.24) is 9.55 Å². The van der Waals surface area contributed by atoms with E-state index in [-0.39, 0.29) is 25.1 Å². The molecule has 0 bridgehead atoms. The Morgan fingerprint density at radius 2 is 2.04 bits per heavy atom. The lowest BCUT2D eigenvalue weighted by Crippen LogP contribution is -2.40. The van der Waals surface area contributed by atoms with E-state index in [2.05, 4.69) is 4.98 Å². The quantitative estimate of drug-likeness (QED) is 0.236. The molecule has 0 amide bonds. The van der Waals surface area contributed by atoms with Gasteiger partial charge in [0.1, 0.15) is 36.5 Å². The van der Waals surface area contributed by atoms with Crippen molar-refractivity contribution in [3.05, 3.63) is 22.7 Å². The molecule has 3 unspecified atom stereocenters. The highest BCUT2D eigenvalue weighted by molar-refractivity contribution is 5.56. The summed E-state index contributed by atoms with van der Waals surface area (Å²) in [6.07, 6.45) is -4.96. The standard InChI is InChI=1S/C9H13N3O4.C5H10O5/c10-7-1-2-12(9(15)11-7)8-3-5(14)6(4-13)16-8;6-1-3(8)5(10)4(9)2-7/h1-2,5-6,8,13-14H,3-4H2,(H2,10,11,15);1,3-5,7-10H,2H2/t5-,6+,8+;/m0./s1. The first-order chi connectivity index (χ1) is 12.2. The van der Waals surface area contributed by atoms with Gasteiger partial charge >= 0.3 is 5.69 Å². The Hall–Kier alpha value is -1.93. The highest BCUT2D eigenvalue weighted by atomic mass is 16.5. The number of nitrogen functional groups attached to an aromatic ring is 1. The number of rotatable bonds is 6. The van der Waals surface area contributed by atoms with E-state index in [0.29, 0.717) is 0 Å². The first-order valence-corrected chi connectivity index (χ1v) is 7.64. The van der Waals surface area contributed by atoms with Crippen LogP contribution in [0.15, 0.2) is 17.1 Å². The summed E-state index contributed by atoms with van der Waals surface area (Å²) >= 11 is 0. The zero-order valence-electron chi connectivity index (χ0n) is 13.7. The molecule has 0 aliphatic carbocycles. The van der Waals surface area contributed by atoms with Crippen LogP contribution in [0.3, 0.4) is 0 Å². The number of carbonyl (C=O) groups excluding carboxylic acids is 1. The van der Waals surface area contributed by atoms with Crippen LogP contribution in [0.2, 0.25) is 0 Å². The van der Waals surface area contributed by atoms with Gasteiger partial charge in [-0.3, -0.25) is 4.57 Å². The summed E-state index contributed by atoms with van der Waals surface area (Å²) in [5, 5.41) is 52.5. The molecule has 1 aromatic rings. The van der Waals surface area contributed by atoms with Gasteiger partial charge in [0.15, 0.2) is 6.29 Å². The fourth-order valence-electron chi connectivity index (χ4n) is 2.11. The molecule has 8 N–H and O–H groups in total. The summed E-state index contributed by atoms with van der Waals surface area (Å²) in [4.78, 5) is 24.8. The number of aldehydes is 1. The van der Waals surface area contributed by atoms with Crippen LogP contribution in [-0.2, 0) is 9.53 Å². The molecule has 1 aliphatic heterocycles.